The van der Waals surface area contributed by atoms with E-state index in [4.69, 9.17) is 0 Å². The maximum absolute atomic E-state index is 12.7. The highest BCUT2D eigenvalue weighted by atomic mass is 16.2. The van der Waals surface area contributed by atoms with E-state index in [2.05, 4.69) is 20.8 Å². The molecule has 0 spiro atoms. The van der Waals surface area contributed by atoms with Gasteiger partial charge in [0.2, 0.25) is 5.91 Å². The van der Waals surface area contributed by atoms with Crippen LogP contribution in [0, 0.1) is 5.92 Å². The van der Waals surface area contributed by atoms with Crippen LogP contribution in [0.3, 0.4) is 0 Å². The van der Waals surface area contributed by atoms with Crippen molar-refractivity contribution < 1.29 is 9.59 Å². The molecule has 0 saturated heterocycles. The van der Waals surface area contributed by atoms with Crippen LogP contribution >= 0.6 is 0 Å². The molecule has 6 nitrogen and oxygen atoms in total. The van der Waals surface area contributed by atoms with E-state index in [-0.39, 0.29) is 17.7 Å². The Morgan fingerprint density at radius 3 is 2.66 bits per heavy atom. The van der Waals surface area contributed by atoms with Gasteiger partial charge < -0.3 is 10.3 Å². The van der Waals surface area contributed by atoms with Crippen LogP contribution in [0.15, 0.2) is 47.6 Å². The Bertz CT molecular complexity index is 1120. The van der Waals surface area contributed by atoms with Crippen molar-refractivity contribution in [3.8, 4) is 11.3 Å². The molecule has 0 unspecified atom stereocenters. The molecule has 3 aromatic rings. The fourth-order valence-corrected chi connectivity index (χ4v) is 4.40. The van der Waals surface area contributed by atoms with Gasteiger partial charge in [0.05, 0.1) is 17.5 Å². The lowest BCUT2D eigenvalue weighted by Crippen LogP contribution is -2.25. The number of aromatic nitrogens is 1. The van der Waals surface area contributed by atoms with Crippen molar-refractivity contribution in [1.29, 1.82) is 0 Å². The Labute approximate surface area is 168 Å². The minimum absolute atomic E-state index is 0.0385. The molecular formula is C23H22N4O2. The van der Waals surface area contributed by atoms with Crippen molar-refractivity contribution in [2.45, 2.75) is 32.1 Å². The molecule has 5 rings (SSSR count). The summed E-state index contributed by atoms with van der Waals surface area (Å²) in [5.41, 5.74) is 7.29. The number of carbonyl (C=O) groups excluding carboxylic acids is 2. The van der Waals surface area contributed by atoms with Gasteiger partial charge in [0, 0.05) is 28.1 Å². The van der Waals surface area contributed by atoms with E-state index in [1.807, 2.05) is 36.4 Å². The lowest BCUT2D eigenvalue weighted by atomic mass is 9.88. The highest BCUT2D eigenvalue weighted by molar-refractivity contribution is 6.18. The standard InChI is InChI=1S/C23H22N4O2/c28-22(15-9-5-2-6-10-15)25-16-11-17-20-18(13-24-27-23(17)29)21(26-19(20)12-16)14-7-3-1-4-8-14/h1,3-4,7-8,11-13,15,26H,2,5-6,9-10H2,(H,25,28)(H,27,29). The monoisotopic (exact) mass is 386 g/mol. The summed E-state index contributed by atoms with van der Waals surface area (Å²) in [6.45, 7) is 0. The van der Waals surface area contributed by atoms with Crippen LogP contribution in [-0.4, -0.2) is 23.0 Å². The number of nitrogens with zero attached hydrogens (tertiary/aromatic N) is 1. The van der Waals surface area contributed by atoms with E-state index < -0.39 is 0 Å². The highest BCUT2D eigenvalue weighted by Crippen LogP contribution is 2.35. The third-order valence-corrected chi connectivity index (χ3v) is 5.85. The number of aromatic amines is 1. The van der Waals surface area contributed by atoms with Gasteiger partial charge in [-0.3, -0.25) is 9.59 Å². The van der Waals surface area contributed by atoms with Crippen LogP contribution < -0.4 is 10.7 Å². The van der Waals surface area contributed by atoms with Crippen molar-refractivity contribution >= 4 is 34.6 Å². The van der Waals surface area contributed by atoms with Crippen LogP contribution in [0.4, 0.5) is 5.69 Å². The van der Waals surface area contributed by atoms with Crippen molar-refractivity contribution in [3.63, 3.8) is 0 Å². The summed E-state index contributed by atoms with van der Waals surface area (Å²) in [5, 5.41) is 7.93. The van der Waals surface area contributed by atoms with Gasteiger partial charge in [-0.2, -0.15) is 5.10 Å². The minimum Gasteiger partial charge on any atom is -0.354 e. The third kappa shape index (κ3) is 3.20. The summed E-state index contributed by atoms with van der Waals surface area (Å²) in [7, 11) is 0. The Morgan fingerprint density at radius 1 is 1.07 bits per heavy atom. The fraction of sp³-hybridized carbons (Fsp3) is 0.261. The molecule has 0 radical (unpaired) electrons. The summed E-state index contributed by atoms with van der Waals surface area (Å²) in [6, 6.07) is 13.6. The molecule has 1 saturated carbocycles. The number of amides is 2. The van der Waals surface area contributed by atoms with E-state index >= 15 is 0 Å². The molecule has 1 aromatic heterocycles. The molecule has 1 aliphatic heterocycles. The Hall–Kier alpha value is -3.41. The summed E-state index contributed by atoms with van der Waals surface area (Å²) in [6.07, 6.45) is 6.94. The predicted octanol–water partition coefficient (Wildman–Crippen LogP) is 4.43. The summed E-state index contributed by atoms with van der Waals surface area (Å²) < 4.78 is 0. The number of hydrazone groups is 1. The Kier molecular flexibility index (Phi) is 4.39. The van der Waals surface area contributed by atoms with E-state index in [1.54, 1.807) is 12.3 Å². The second-order valence-corrected chi connectivity index (χ2v) is 7.75. The van der Waals surface area contributed by atoms with Crippen molar-refractivity contribution in [2.24, 2.45) is 11.0 Å². The number of hydrogen-bond acceptors (Lipinski definition) is 3. The first-order valence-electron chi connectivity index (χ1n) is 10.1. The van der Waals surface area contributed by atoms with E-state index in [0.29, 0.717) is 11.3 Å². The van der Waals surface area contributed by atoms with Crippen LogP contribution in [-0.2, 0) is 4.79 Å². The molecule has 29 heavy (non-hydrogen) atoms. The van der Waals surface area contributed by atoms with E-state index in [1.165, 1.54) is 6.42 Å². The first kappa shape index (κ1) is 17.7. The number of rotatable bonds is 3. The van der Waals surface area contributed by atoms with Crippen LogP contribution in [0.2, 0.25) is 0 Å². The molecule has 3 N–H and O–H groups in total. The molecule has 2 aliphatic rings. The summed E-state index contributed by atoms with van der Waals surface area (Å²) in [4.78, 5) is 28.8. The topological polar surface area (TPSA) is 86.3 Å². The van der Waals surface area contributed by atoms with Gasteiger partial charge >= 0.3 is 0 Å². The number of benzene rings is 2. The molecule has 1 fully saturated rings. The molecule has 2 amide bonds. The average molecular weight is 386 g/mol. The van der Waals surface area contributed by atoms with Gasteiger partial charge in [-0.05, 0) is 30.5 Å². The quantitative estimate of drug-likeness (QED) is 0.622. The second kappa shape index (κ2) is 7.20. The summed E-state index contributed by atoms with van der Waals surface area (Å²) >= 11 is 0. The van der Waals surface area contributed by atoms with Crippen molar-refractivity contribution in [1.82, 2.24) is 10.4 Å². The molecular weight excluding hydrogens is 364 g/mol. The predicted molar refractivity (Wildman–Crippen MR) is 114 cm³/mol. The van der Waals surface area contributed by atoms with Gasteiger partial charge in [-0.15, -0.1) is 0 Å². The van der Waals surface area contributed by atoms with Crippen molar-refractivity contribution in [3.05, 3.63) is 53.6 Å². The minimum atomic E-state index is -0.280. The average Bonchev–Trinajstić information content (AvgIpc) is 3.03. The highest BCUT2D eigenvalue weighted by Gasteiger charge is 2.24. The molecule has 0 bridgehead atoms. The Balaban J connectivity index is 1.59. The maximum atomic E-state index is 12.7. The number of H-pyrrole nitrogens is 1. The molecule has 0 atom stereocenters. The number of anilines is 1. The molecule has 1 aliphatic carbocycles. The third-order valence-electron chi connectivity index (χ3n) is 5.85. The second-order valence-electron chi connectivity index (χ2n) is 7.75. The normalized spacial score (nSPS) is 16.5. The maximum Gasteiger partial charge on any atom is 0.272 e. The molecule has 2 aromatic carbocycles. The van der Waals surface area contributed by atoms with E-state index in [9.17, 15) is 9.59 Å². The van der Waals surface area contributed by atoms with Crippen LogP contribution in [0.5, 0.6) is 0 Å². The van der Waals surface area contributed by atoms with Gasteiger partial charge in [0.1, 0.15) is 0 Å². The zero-order valence-electron chi connectivity index (χ0n) is 16.0. The van der Waals surface area contributed by atoms with Gasteiger partial charge in [-0.1, -0.05) is 49.6 Å². The molecule has 6 heteroatoms. The van der Waals surface area contributed by atoms with Crippen LogP contribution in [0.25, 0.3) is 22.2 Å². The lowest BCUT2D eigenvalue weighted by Gasteiger charge is -2.21. The van der Waals surface area contributed by atoms with Gasteiger partial charge in [0.15, 0.2) is 0 Å². The summed E-state index contributed by atoms with van der Waals surface area (Å²) in [5.74, 6) is -0.191. The smallest absolute Gasteiger partial charge is 0.272 e. The largest absolute Gasteiger partial charge is 0.354 e. The number of carbonyl (C=O) groups is 2. The SMILES string of the molecule is O=C1NN=Cc2c(-c3ccccc3)[nH]c3cc(NC(=O)C4CCCCC4)cc1c23. The van der Waals surface area contributed by atoms with Crippen molar-refractivity contribution in [2.75, 3.05) is 5.32 Å². The number of hydrogen-bond donors (Lipinski definition) is 3. The van der Waals surface area contributed by atoms with Gasteiger partial charge in [-0.25, -0.2) is 5.43 Å². The molecule has 2 heterocycles. The zero-order chi connectivity index (χ0) is 19.8. The Morgan fingerprint density at radius 2 is 1.86 bits per heavy atom. The fourth-order valence-electron chi connectivity index (χ4n) is 4.40. The molecule has 146 valence electrons. The van der Waals surface area contributed by atoms with E-state index in [0.717, 1.165) is 53.4 Å². The van der Waals surface area contributed by atoms with Crippen LogP contribution in [0.1, 0.15) is 48.0 Å². The number of nitrogens with one attached hydrogen (secondary N) is 3. The first-order chi connectivity index (χ1) is 14.2. The first-order valence-corrected chi connectivity index (χ1v) is 10.1. The zero-order valence-corrected chi connectivity index (χ0v) is 16.0. The lowest BCUT2D eigenvalue weighted by molar-refractivity contribution is -0.120. The van der Waals surface area contributed by atoms with Gasteiger partial charge in [0.25, 0.3) is 5.91 Å².